The second-order valence-corrected chi connectivity index (χ2v) is 9.08. The summed E-state index contributed by atoms with van der Waals surface area (Å²) in [6.07, 6.45) is 2.89. The Morgan fingerprint density at radius 2 is 1.87 bits per heavy atom. The first kappa shape index (κ1) is 24.6. The number of benzene rings is 2. The van der Waals surface area contributed by atoms with Gasteiger partial charge in [0, 0.05) is 7.05 Å². The standard InChI is InChI=1S/C22H29N3O4S2/c1-4-5-11-18(17-9-7-6-8-10-17)24-21(26)15-16-12-13-19(29-3)20(14-16)31(27,28)25-22(30)23-2/h6-10,12-14,18H,4-5,11,15H2,1-3H3,(H,24,26)(H2,23,25,30). The molecule has 0 spiro atoms. The number of rotatable bonds is 10. The first-order chi connectivity index (χ1) is 14.8. The summed E-state index contributed by atoms with van der Waals surface area (Å²) in [4.78, 5) is 12.7. The molecule has 31 heavy (non-hydrogen) atoms. The highest BCUT2D eigenvalue weighted by atomic mass is 32.2. The fourth-order valence-electron chi connectivity index (χ4n) is 3.12. The number of hydrogen-bond acceptors (Lipinski definition) is 5. The van der Waals surface area contributed by atoms with Crippen molar-refractivity contribution in [3.63, 3.8) is 0 Å². The Labute approximate surface area is 189 Å². The van der Waals surface area contributed by atoms with Crippen molar-refractivity contribution in [2.75, 3.05) is 14.2 Å². The van der Waals surface area contributed by atoms with Crippen LogP contribution in [-0.2, 0) is 21.2 Å². The van der Waals surface area contributed by atoms with Gasteiger partial charge in [0.25, 0.3) is 10.0 Å². The Bertz CT molecular complexity index is 995. The maximum Gasteiger partial charge on any atom is 0.267 e. The molecule has 3 N–H and O–H groups in total. The number of unbranched alkanes of at least 4 members (excludes halogenated alkanes) is 1. The van der Waals surface area contributed by atoms with Crippen LogP contribution in [0.4, 0.5) is 0 Å². The minimum atomic E-state index is -3.96. The minimum Gasteiger partial charge on any atom is -0.495 e. The van der Waals surface area contributed by atoms with Crippen molar-refractivity contribution in [3.8, 4) is 5.75 Å². The highest BCUT2D eigenvalue weighted by molar-refractivity contribution is 7.92. The Morgan fingerprint density at radius 3 is 2.48 bits per heavy atom. The molecule has 2 rings (SSSR count). The molecule has 0 aromatic heterocycles. The molecule has 0 bridgehead atoms. The molecule has 0 radical (unpaired) electrons. The van der Waals surface area contributed by atoms with E-state index in [0.29, 0.717) is 5.56 Å². The first-order valence-corrected chi connectivity index (χ1v) is 12.0. The molecule has 0 aliphatic carbocycles. The van der Waals surface area contributed by atoms with E-state index in [4.69, 9.17) is 17.0 Å². The monoisotopic (exact) mass is 463 g/mol. The molecule has 0 aliphatic rings. The van der Waals surface area contributed by atoms with Gasteiger partial charge in [0.15, 0.2) is 5.11 Å². The Hall–Kier alpha value is -2.65. The van der Waals surface area contributed by atoms with Gasteiger partial charge in [-0.1, -0.05) is 56.2 Å². The van der Waals surface area contributed by atoms with E-state index in [2.05, 4.69) is 22.3 Å². The van der Waals surface area contributed by atoms with Crippen LogP contribution in [0.25, 0.3) is 0 Å². The van der Waals surface area contributed by atoms with Gasteiger partial charge in [0.2, 0.25) is 5.91 Å². The lowest BCUT2D eigenvalue weighted by Crippen LogP contribution is -2.37. The number of thiocarbonyl (C=S) groups is 1. The van der Waals surface area contributed by atoms with Crippen LogP contribution in [-0.4, -0.2) is 33.6 Å². The summed E-state index contributed by atoms with van der Waals surface area (Å²) in [5, 5.41) is 5.61. The minimum absolute atomic E-state index is 0.0353. The predicted molar refractivity (Wildman–Crippen MR) is 126 cm³/mol. The van der Waals surface area contributed by atoms with E-state index < -0.39 is 10.0 Å². The molecule has 1 unspecified atom stereocenters. The number of ether oxygens (including phenoxy) is 1. The number of hydrogen-bond donors (Lipinski definition) is 3. The van der Waals surface area contributed by atoms with Crippen LogP contribution in [0.5, 0.6) is 5.75 Å². The summed E-state index contributed by atoms with van der Waals surface area (Å²) in [7, 11) is -1.06. The topological polar surface area (TPSA) is 96.5 Å². The van der Waals surface area contributed by atoms with Crippen molar-refractivity contribution in [2.24, 2.45) is 0 Å². The third kappa shape index (κ3) is 7.22. The van der Waals surface area contributed by atoms with Gasteiger partial charge in [0.05, 0.1) is 19.6 Å². The molecule has 0 saturated heterocycles. The lowest BCUT2D eigenvalue weighted by atomic mass is 10.0. The van der Waals surface area contributed by atoms with Crippen molar-refractivity contribution < 1.29 is 17.9 Å². The molecule has 168 valence electrons. The van der Waals surface area contributed by atoms with Crippen LogP contribution in [0.1, 0.15) is 43.4 Å². The SMILES string of the molecule is CCCCC(NC(=O)Cc1ccc(OC)c(S(=O)(=O)NC(=S)NC)c1)c1ccccc1. The molecule has 1 atom stereocenters. The third-order valence-corrected chi connectivity index (χ3v) is 6.53. The van der Waals surface area contributed by atoms with Crippen LogP contribution in [0.2, 0.25) is 0 Å². The molecule has 0 fully saturated rings. The van der Waals surface area contributed by atoms with Crippen molar-refractivity contribution >= 4 is 33.3 Å². The Morgan fingerprint density at radius 1 is 1.16 bits per heavy atom. The average Bonchev–Trinajstić information content (AvgIpc) is 2.76. The highest BCUT2D eigenvalue weighted by Gasteiger charge is 2.22. The lowest BCUT2D eigenvalue weighted by molar-refractivity contribution is -0.121. The fraction of sp³-hybridized carbons (Fsp3) is 0.364. The zero-order valence-corrected chi connectivity index (χ0v) is 19.6. The summed E-state index contributed by atoms with van der Waals surface area (Å²) >= 11 is 4.91. The molecule has 0 saturated carbocycles. The molecule has 0 heterocycles. The molecule has 2 aromatic rings. The van der Waals surface area contributed by atoms with E-state index in [9.17, 15) is 13.2 Å². The van der Waals surface area contributed by atoms with E-state index >= 15 is 0 Å². The highest BCUT2D eigenvalue weighted by Crippen LogP contribution is 2.25. The second kappa shape index (κ2) is 11.7. The Balaban J connectivity index is 2.21. The van der Waals surface area contributed by atoms with Gasteiger partial charge in [-0.2, -0.15) is 0 Å². The van der Waals surface area contributed by atoms with Gasteiger partial charge >= 0.3 is 0 Å². The summed E-state index contributed by atoms with van der Waals surface area (Å²) in [6.45, 7) is 2.11. The van der Waals surface area contributed by atoms with E-state index in [1.165, 1.54) is 26.3 Å². The van der Waals surface area contributed by atoms with Crippen molar-refractivity contribution in [3.05, 3.63) is 59.7 Å². The number of methoxy groups -OCH3 is 1. The molecule has 9 heteroatoms. The smallest absolute Gasteiger partial charge is 0.267 e. The Kier molecular flexibility index (Phi) is 9.26. The van der Waals surface area contributed by atoms with Crippen LogP contribution in [0, 0.1) is 0 Å². The van der Waals surface area contributed by atoms with Gasteiger partial charge in [0.1, 0.15) is 10.6 Å². The normalized spacial score (nSPS) is 12.0. The summed E-state index contributed by atoms with van der Waals surface area (Å²) in [5.74, 6) is -0.0159. The van der Waals surface area contributed by atoms with Gasteiger partial charge in [-0.15, -0.1) is 0 Å². The van der Waals surface area contributed by atoms with Crippen molar-refractivity contribution in [1.29, 1.82) is 0 Å². The molecular weight excluding hydrogens is 434 g/mol. The molecule has 0 aliphatic heterocycles. The quantitative estimate of drug-likeness (QED) is 0.469. The summed E-state index contributed by atoms with van der Waals surface area (Å²) < 4.78 is 32.8. The second-order valence-electron chi connectivity index (χ2n) is 7.02. The van der Waals surface area contributed by atoms with Crippen molar-refractivity contribution in [2.45, 2.75) is 43.5 Å². The fourth-order valence-corrected chi connectivity index (χ4v) is 4.62. The van der Waals surface area contributed by atoms with E-state index in [1.54, 1.807) is 6.07 Å². The lowest BCUT2D eigenvalue weighted by Gasteiger charge is -2.19. The first-order valence-electron chi connectivity index (χ1n) is 10.1. The van der Waals surface area contributed by atoms with Crippen LogP contribution in [0.3, 0.4) is 0 Å². The number of nitrogens with one attached hydrogen (secondary N) is 3. The molecule has 1 amide bonds. The van der Waals surface area contributed by atoms with Crippen LogP contribution >= 0.6 is 12.2 Å². The third-order valence-electron chi connectivity index (χ3n) is 4.72. The van der Waals surface area contributed by atoms with Crippen LogP contribution < -0.4 is 20.1 Å². The molecule has 2 aromatic carbocycles. The van der Waals surface area contributed by atoms with Gasteiger partial charge in [-0.05, 0) is 41.9 Å². The van der Waals surface area contributed by atoms with E-state index in [0.717, 1.165) is 24.8 Å². The number of sulfonamides is 1. The molecule has 7 nitrogen and oxygen atoms in total. The largest absolute Gasteiger partial charge is 0.495 e. The van der Waals surface area contributed by atoms with Crippen molar-refractivity contribution in [1.82, 2.24) is 15.4 Å². The van der Waals surface area contributed by atoms with E-state index in [1.807, 2.05) is 30.3 Å². The zero-order chi connectivity index (χ0) is 22.9. The maximum absolute atomic E-state index is 12.8. The van der Waals surface area contributed by atoms with Gasteiger partial charge < -0.3 is 15.4 Å². The predicted octanol–water partition coefficient (Wildman–Crippen LogP) is 3.07. The maximum atomic E-state index is 12.8. The zero-order valence-electron chi connectivity index (χ0n) is 18.0. The van der Waals surface area contributed by atoms with E-state index in [-0.39, 0.29) is 34.1 Å². The number of carbonyl (C=O) groups excluding carboxylic acids is 1. The van der Waals surface area contributed by atoms with Gasteiger partial charge in [-0.25, -0.2) is 8.42 Å². The summed E-state index contributed by atoms with van der Waals surface area (Å²) in [5.41, 5.74) is 1.60. The number of carbonyl (C=O) groups is 1. The average molecular weight is 464 g/mol. The molecular formula is C22H29N3O4S2. The number of amides is 1. The van der Waals surface area contributed by atoms with Crippen LogP contribution in [0.15, 0.2) is 53.4 Å². The van der Waals surface area contributed by atoms with Gasteiger partial charge in [-0.3, -0.25) is 9.52 Å². The summed E-state index contributed by atoms with van der Waals surface area (Å²) in [6, 6.07) is 14.4.